The van der Waals surface area contributed by atoms with Crippen molar-refractivity contribution in [3.05, 3.63) is 78.4 Å². The van der Waals surface area contributed by atoms with Gasteiger partial charge in [-0.15, -0.1) is 0 Å². The van der Waals surface area contributed by atoms with Gasteiger partial charge in [0.1, 0.15) is 12.7 Å². The van der Waals surface area contributed by atoms with Crippen LogP contribution in [0.4, 0.5) is 11.4 Å². The van der Waals surface area contributed by atoms with Crippen molar-refractivity contribution in [2.75, 3.05) is 16.8 Å². The zero-order valence-corrected chi connectivity index (χ0v) is 15.9. The molecule has 1 N–H and O–H groups in total. The Kier molecular flexibility index (Phi) is 5.47. The molecule has 3 aromatic rings. The number of carbonyl (C=O) groups excluding carboxylic acids is 2. The van der Waals surface area contributed by atoms with Gasteiger partial charge in [-0.25, -0.2) is 9.67 Å². The number of amides is 2. The molecule has 0 unspecified atom stereocenters. The number of aromatic nitrogens is 3. The van der Waals surface area contributed by atoms with Gasteiger partial charge in [-0.1, -0.05) is 30.3 Å². The van der Waals surface area contributed by atoms with E-state index in [2.05, 4.69) is 15.4 Å². The van der Waals surface area contributed by atoms with Gasteiger partial charge < -0.3 is 10.2 Å². The van der Waals surface area contributed by atoms with Gasteiger partial charge in [0, 0.05) is 30.4 Å². The van der Waals surface area contributed by atoms with Crippen molar-refractivity contribution in [2.45, 2.75) is 19.4 Å². The van der Waals surface area contributed by atoms with Gasteiger partial charge in [0.2, 0.25) is 11.8 Å². The normalized spacial score (nSPS) is 13.9. The molecule has 0 bridgehead atoms. The molecule has 1 aliphatic rings. The number of nitrogens with one attached hydrogen (secondary N) is 1. The molecular formula is C22H21N5O2. The molecule has 7 heteroatoms. The minimum atomic E-state index is -0.213. The van der Waals surface area contributed by atoms with E-state index in [0.717, 1.165) is 35.5 Å². The number of anilines is 2. The Balaban J connectivity index is 1.40. The molecule has 0 spiro atoms. The second kappa shape index (κ2) is 8.52. The maximum Gasteiger partial charge on any atom is 0.248 e. The Bertz CT molecular complexity index is 1030. The molecule has 0 aliphatic carbocycles. The van der Waals surface area contributed by atoms with Gasteiger partial charge in [0.15, 0.2) is 0 Å². The SMILES string of the molecule is O=C(/C=C/c1ccc(N2CCCC2=O)cc1)Nc1ccccc1Cn1cncn1. The van der Waals surface area contributed by atoms with Gasteiger partial charge >= 0.3 is 0 Å². The highest BCUT2D eigenvalue weighted by Gasteiger charge is 2.21. The van der Waals surface area contributed by atoms with Crippen LogP contribution in [0.25, 0.3) is 6.08 Å². The number of benzene rings is 2. The van der Waals surface area contributed by atoms with E-state index in [1.165, 1.54) is 12.4 Å². The van der Waals surface area contributed by atoms with E-state index in [0.29, 0.717) is 13.0 Å². The molecule has 0 saturated carbocycles. The quantitative estimate of drug-likeness (QED) is 0.659. The first-order valence-electron chi connectivity index (χ1n) is 9.49. The van der Waals surface area contributed by atoms with Gasteiger partial charge in [-0.2, -0.15) is 5.10 Å². The minimum absolute atomic E-state index is 0.164. The summed E-state index contributed by atoms with van der Waals surface area (Å²) in [6, 6.07) is 15.2. The topological polar surface area (TPSA) is 80.1 Å². The number of hydrogen-bond acceptors (Lipinski definition) is 4. The molecule has 1 fully saturated rings. The van der Waals surface area contributed by atoms with Crippen LogP contribution in [0.2, 0.25) is 0 Å². The monoisotopic (exact) mass is 387 g/mol. The fourth-order valence-electron chi connectivity index (χ4n) is 3.30. The molecule has 1 aromatic heterocycles. The number of rotatable bonds is 6. The summed E-state index contributed by atoms with van der Waals surface area (Å²) in [5, 5.41) is 7.02. The lowest BCUT2D eigenvalue weighted by Crippen LogP contribution is -2.23. The fraction of sp³-hybridized carbons (Fsp3) is 0.182. The molecule has 2 amide bonds. The summed E-state index contributed by atoms with van der Waals surface area (Å²) in [6.07, 6.45) is 7.89. The molecule has 4 rings (SSSR count). The van der Waals surface area contributed by atoms with E-state index in [-0.39, 0.29) is 11.8 Å². The van der Waals surface area contributed by atoms with Crippen LogP contribution in [0.15, 0.2) is 67.3 Å². The van der Waals surface area contributed by atoms with Crippen molar-refractivity contribution < 1.29 is 9.59 Å². The van der Waals surface area contributed by atoms with E-state index in [1.54, 1.807) is 22.0 Å². The summed E-state index contributed by atoms with van der Waals surface area (Å²) in [5.41, 5.74) is 3.47. The van der Waals surface area contributed by atoms with Crippen LogP contribution < -0.4 is 10.2 Å². The summed E-state index contributed by atoms with van der Waals surface area (Å²) in [7, 11) is 0. The predicted octanol–water partition coefficient (Wildman–Crippen LogP) is 3.11. The summed E-state index contributed by atoms with van der Waals surface area (Å²) in [5.74, 6) is -0.0490. The summed E-state index contributed by atoms with van der Waals surface area (Å²) in [6.45, 7) is 1.29. The van der Waals surface area contributed by atoms with Crippen LogP contribution in [0.1, 0.15) is 24.0 Å². The van der Waals surface area contributed by atoms with Gasteiger partial charge in [0.05, 0.1) is 6.54 Å². The Hall–Kier alpha value is -3.74. The van der Waals surface area contributed by atoms with Crippen molar-refractivity contribution in [3.63, 3.8) is 0 Å². The molecule has 146 valence electrons. The van der Waals surface area contributed by atoms with Crippen LogP contribution in [-0.2, 0) is 16.1 Å². The molecule has 1 saturated heterocycles. The number of para-hydroxylation sites is 1. The Morgan fingerprint density at radius 3 is 2.69 bits per heavy atom. The molecule has 2 aromatic carbocycles. The molecule has 2 heterocycles. The summed E-state index contributed by atoms with van der Waals surface area (Å²) < 4.78 is 1.70. The van der Waals surface area contributed by atoms with Crippen LogP contribution >= 0.6 is 0 Å². The third kappa shape index (κ3) is 4.57. The molecule has 1 aliphatic heterocycles. The lowest BCUT2D eigenvalue weighted by atomic mass is 10.1. The third-order valence-electron chi connectivity index (χ3n) is 4.78. The van der Waals surface area contributed by atoms with E-state index in [4.69, 9.17) is 0 Å². The first-order chi connectivity index (χ1) is 14.2. The van der Waals surface area contributed by atoms with E-state index in [9.17, 15) is 9.59 Å². The van der Waals surface area contributed by atoms with Crippen LogP contribution in [-0.4, -0.2) is 33.1 Å². The van der Waals surface area contributed by atoms with Crippen LogP contribution in [0, 0.1) is 0 Å². The first kappa shape index (κ1) is 18.6. The zero-order valence-electron chi connectivity index (χ0n) is 15.9. The molecular weight excluding hydrogens is 366 g/mol. The number of hydrogen-bond donors (Lipinski definition) is 1. The average Bonchev–Trinajstić information content (AvgIpc) is 3.40. The standard InChI is InChI=1S/C22H21N5O2/c28-21(25-20-5-2-1-4-18(20)14-26-16-23-15-24-26)12-9-17-7-10-19(11-8-17)27-13-3-6-22(27)29/h1-2,4-5,7-12,15-16H,3,6,13-14H2,(H,25,28)/b12-9+. The maximum absolute atomic E-state index is 12.4. The zero-order chi connectivity index (χ0) is 20.1. The minimum Gasteiger partial charge on any atom is -0.322 e. The van der Waals surface area contributed by atoms with E-state index in [1.807, 2.05) is 48.5 Å². The number of nitrogens with zero attached hydrogens (tertiary/aromatic N) is 4. The second-order valence-corrected chi connectivity index (χ2v) is 6.81. The van der Waals surface area contributed by atoms with Gasteiger partial charge in [-0.3, -0.25) is 9.59 Å². The highest BCUT2D eigenvalue weighted by molar-refractivity contribution is 6.02. The fourth-order valence-corrected chi connectivity index (χ4v) is 3.30. The van der Waals surface area contributed by atoms with Crippen molar-refractivity contribution in [1.29, 1.82) is 0 Å². The van der Waals surface area contributed by atoms with Gasteiger partial charge in [-0.05, 0) is 41.8 Å². The van der Waals surface area contributed by atoms with E-state index < -0.39 is 0 Å². The summed E-state index contributed by atoms with van der Waals surface area (Å²) in [4.78, 5) is 29.9. The lowest BCUT2D eigenvalue weighted by molar-refractivity contribution is -0.117. The highest BCUT2D eigenvalue weighted by atomic mass is 16.2. The van der Waals surface area contributed by atoms with Gasteiger partial charge in [0.25, 0.3) is 0 Å². The smallest absolute Gasteiger partial charge is 0.248 e. The Morgan fingerprint density at radius 2 is 1.97 bits per heavy atom. The molecule has 7 nitrogen and oxygen atoms in total. The summed E-state index contributed by atoms with van der Waals surface area (Å²) >= 11 is 0. The van der Waals surface area contributed by atoms with Crippen molar-refractivity contribution in [1.82, 2.24) is 14.8 Å². The van der Waals surface area contributed by atoms with E-state index >= 15 is 0 Å². The Morgan fingerprint density at radius 1 is 1.14 bits per heavy atom. The predicted molar refractivity (Wildman–Crippen MR) is 111 cm³/mol. The average molecular weight is 387 g/mol. The first-order valence-corrected chi connectivity index (χ1v) is 9.49. The molecule has 29 heavy (non-hydrogen) atoms. The second-order valence-electron chi connectivity index (χ2n) is 6.81. The Labute approximate surface area is 168 Å². The maximum atomic E-state index is 12.4. The van der Waals surface area contributed by atoms with Crippen LogP contribution in [0.3, 0.4) is 0 Å². The van der Waals surface area contributed by atoms with Crippen molar-refractivity contribution >= 4 is 29.3 Å². The molecule has 0 atom stereocenters. The van der Waals surface area contributed by atoms with Crippen molar-refractivity contribution in [2.24, 2.45) is 0 Å². The van der Waals surface area contributed by atoms with Crippen molar-refractivity contribution in [3.8, 4) is 0 Å². The third-order valence-corrected chi connectivity index (χ3v) is 4.78. The highest BCUT2D eigenvalue weighted by Crippen LogP contribution is 2.22. The molecule has 0 radical (unpaired) electrons. The largest absolute Gasteiger partial charge is 0.322 e. The number of carbonyl (C=O) groups is 2. The lowest BCUT2D eigenvalue weighted by Gasteiger charge is -2.15. The van der Waals surface area contributed by atoms with Crippen LogP contribution in [0.5, 0.6) is 0 Å².